The van der Waals surface area contributed by atoms with Crippen LogP contribution in [0.25, 0.3) is 10.2 Å². The Balaban J connectivity index is 1.24. The highest BCUT2D eigenvalue weighted by Crippen LogP contribution is 2.27. The average molecular weight is 429 g/mol. The summed E-state index contributed by atoms with van der Waals surface area (Å²) in [5, 5.41) is 13.4. The minimum atomic E-state index is -0.127. The molecule has 30 heavy (non-hydrogen) atoms. The third-order valence-corrected chi connectivity index (χ3v) is 6.27. The number of hydrogen-bond acceptors (Lipinski definition) is 5. The Morgan fingerprint density at radius 1 is 1.10 bits per heavy atom. The summed E-state index contributed by atoms with van der Waals surface area (Å²) in [4.78, 5) is 14.2. The molecule has 0 saturated carbocycles. The van der Waals surface area contributed by atoms with Crippen LogP contribution in [0.15, 0.2) is 47.3 Å². The maximum absolute atomic E-state index is 11.6. The third-order valence-electron chi connectivity index (χ3n) is 5.32. The Kier molecular flexibility index (Phi) is 8.93. The predicted octanol–water partition coefficient (Wildman–Crippen LogP) is 4.49. The van der Waals surface area contributed by atoms with Crippen LogP contribution in [0.2, 0.25) is 0 Å². The number of phenolic OH excluding ortho intramolecular Hbond substituents is 1. The number of thiazole rings is 1. The van der Waals surface area contributed by atoms with E-state index in [0.717, 1.165) is 67.2 Å². The van der Waals surface area contributed by atoms with Crippen molar-refractivity contribution in [3.05, 3.63) is 63.3 Å². The van der Waals surface area contributed by atoms with Gasteiger partial charge in [-0.1, -0.05) is 61.1 Å². The zero-order chi connectivity index (χ0) is 21.2. The van der Waals surface area contributed by atoms with Crippen LogP contribution < -0.4 is 10.2 Å². The molecule has 1 unspecified atom stereocenters. The lowest BCUT2D eigenvalue weighted by atomic mass is 10.0. The maximum atomic E-state index is 11.6. The van der Waals surface area contributed by atoms with E-state index in [0.29, 0.717) is 11.4 Å². The van der Waals surface area contributed by atoms with Gasteiger partial charge in [0.1, 0.15) is 11.3 Å². The second kappa shape index (κ2) is 11.9. The monoisotopic (exact) mass is 428 g/mol. The summed E-state index contributed by atoms with van der Waals surface area (Å²) in [7, 11) is 0. The Morgan fingerprint density at radius 2 is 1.93 bits per heavy atom. The molecule has 162 valence electrons. The average Bonchev–Trinajstić information content (AvgIpc) is 3.15. The van der Waals surface area contributed by atoms with Gasteiger partial charge in [-0.05, 0) is 61.9 Å². The van der Waals surface area contributed by atoms with E-state index in [4.69, 9.17) is 4.74 Å². The van der Waals surface area contributed by atoms with Crippen LogP contribution in [0, 0.1) is 5.92 Å². The molecule has 0 aliphatic heterocycles. The summed E-state index contributed by atoms with van der Waals surface area (Å²) < 4.78 is 6.62. The summed E-state index contributed by atoms with van der Waals surface area (Å²) in [6.07, 6.45) is 5.31. The van der Waals surface area contributed by atoms with E-state index in [2.05, 4.69) is 41.5 Å². The minimum Gasteiger partial charge on any atom is -0.506 e. The largest absolute Gasteiger partial charge is 0.506 e. The van der Waals surface area contributed by atoms with Gasteiger partial charge >= 0.3 is 4.87 Å². The van der Waals surface area contributed by atoms with Crippen molar-refractivity contribution in [3.8, 4) is 5.75 Å². The molecule has 0 aliphatic rings. The number of aromatic hydroxyl groups is 1. The van der Waals surface area contributed by atoms with Crippen molar-refractivity contribution in [1.29, 1.82) is 0 Å². The van der Waals surface area contributed by atoms with Gasteiger partial charge in [-0.15, -0.1) is 0 Å². The smallest absolute Gasteiger partial charge is 0.305 e. The zero-order valence-electron chi connectivity index (χ0n) is 17.7. The van der Waals surface area contributed by atoms with Gasteiger partial charge in [-0.3, -0.25) is 4.79 Å². The maximum Gasteiger partial charge on any atom is 0.305 e. The number of phenols is 1. The van der Waals surface area contributed by atoms with E-state index in [1.54, 1.807) is 6.07 Å². The topological polar surface area (TPSA) is 74.3 Å². The number of H-pyrrole nitrogens is 1. The van der Waals surface area contributed by atoms with E-state index in [-0.39, 0.29) is 10.6 Å². The van der Waals surface area contributed by atoms with Gasteiger partial charge in [0.15, 0.2) is 0 Å². The lowest BCUT2D eigenvalue weighted by Gasteiger charge is -2.13. The molecule has 0 bridgehead atoms. The number of unbranched alkanes of at least 4 members (excludes halogenated alkanes) is 1. The van der Waals surface area contributed by atoms with Crippen LogP contribution >= 0.6 is 11.3 Å². The molecular weight excluding hydrogens is 396 g/mol. The summed E-state index contributed by atoms with van der Waals surface area (Å²) in [6, 6.07) is 14.0. The number of nitrogens with one attached hydrogen (secondary N) is 2. The molecule has 3 aromatic rings. The van der Waals surface area contributed by atoms with Gasteiger partial charge in [0.25, 0.3) is 0 Å². The van der Waals surface area contributed by atoms with Gasteiger partial charge in [-0.25, -0.2) is 0 Å². The molecule has 1 aromatic heterocycles. The van der Waals surface area contributed by atoms with Crippen molar-refractivity contribution in [2.24, 2.45) is 5.92 Å². The highest BCUT2D eigenvalue weighted by molar-refractivity contribution is 7.16. The number of fused-ring (bicyclic) bond motifs is 1. The summed E-state index contributed by atoms with van der Waals surface area (Å²) in [5.74, 6) is 0.759. The Morgan fingerprint density at radius 3 is 2.77 bits per heavy atom. The van der Waals surface area contributed by atoms with Crippen LogP contribution in [0.4, 0.5) is 0 Å². The molecule has 0 aliphatic carbocycles. The first-order chi connectivity index (χ1) is 14.6. The zero-order valence-corrected chi connectivity index (χ0v) is 18.5. The van der Waals surface area contributed by atoms with E-state index >= 15 is 0 Å². The molecule has 3 N–H and O–H groups in total. The van der Waals surface area contributed by atoms with Gasteiger partial charge in [0, 0.05) is 6.61 Å². The lowest BCUT2D eigenvalue weighted by molar-refractivity contribution is 0.132. The van der Waals surface area contributed by atoms with Crippen molar-refractivity contribution < 1.29 is 9.84 Å². The van der Waals surface area contributed by atoms with Gasteiger partial charge < -0.3 is 20.1 Å². The van der Waals surface area contributed by atoms with Crippen molar-refractivity contribution in [2.75, 3.05) is 26.3 Å². The SMILES string of the molecule is CC(CCCCOCCc1ccccc1)CNCCc1ccc(O)c2[nH]c(=O)sc12. The molecule has 0 spiro atoms. The normalized spacial score (nSPS) is 12.4. The molecule has 0 amide bonds. The van der Waals surface area contributed by atoms with E-state index < -0.39 is 0 Å². The Bertz CT molecular complexity index is 952. The first kappa shape index (κ1) is 22.5. The quantitative estimate of drug-likeness (QED) is 0.351. The van der Waals surface area contributed by atoms with Crippen molar-refractivity contribution in [3.63, 3.8) is 0 Å². The fraction of sp³-hybridized carbons (Fsp3) is 0.458. The van der Waals surface area contributed by atoms with Crippen LogP contribution in [0.3, 0.4) is 0 Å². The Hall–Kier alpha value is -2.15. The number of benzene rings is 2. The van der Waals surface area contributed by atoms with Gasteiger partial charge in [0.2, 0.25) is 0 Å². The number of aromatic nitrogens is 1. The molecule has 5 nitrogen and oxygen atoms in total. The number of ether oxygens (including phenoxy) is 1. The van der Waals surface area contributed by atoms with Crippen LogP contribution in [0.1, 0.15) is 37.3 Å². The number of rotatable bonds is 13. The summed E-state index contributed by atoms with van der Waals surface area (Å²) in [6.45, 7) is 5.75. The number of hydrogen-bond donors (Lipinski definition) is 3. The van der Waals surface area contributed by atoms with Crippen molar-refractivity contribution in [2.45, 2.75) is 39.0 Å². The molecular formula is C24H32N2O3S. The predicted molar refractivity (Wildman–Crippen MR) is 125 cm³/mol. The standard InChI is InChI=1S/C24H32N2O3S/c1-18(7-5-6-15-29-16-13-19-8-3-2-4-9-19)17-25-14-12-20-10-11-21(27)22-23(20)30-24(28)26-22/h2-4,8-11,18,25,27H,5-7,12-17H2,1H3,(H,26,28). The van der Waals surface area contributed by atoms with Crippen LogP contribution in [-0.4, -0.2) is 36.4 Å². The second-order valence-corrected chi connectivity index (χ2v) is 8.85. The molecule has 1 atom stereocenters. The van der Waals surface area contributed by atoms with Crippen molar-refractivity contribution in [1.82, 2.24) is 10.3 Å². The summed E-state index contributed by atoms with van der Waals surface area (Å²) >= 11 is 1.16. The van der Waals surface area contributed by atoms with E-state index in [1.807, 2.05) is 12.1 Å². The van der Waals surface area contributed by atoms with E-state index in [9.17, 15) is 9.90 Å². The lowest BCUT2D eigenvalue weighted by Crippen LogP contribution is -2.23. The Labute approximate surface area is 182 Å². The molecule has 6 heteroatoms. The first-order valence-corrected chi connectivity index (χ1v) is 11.6. The molecule has 0 radical (unpaired) electrons. The highest BCUT2D eigenvalue weighted by Gasteiger charge is 2.09. The second-order valence-electron chi connectivity index (χ2n) is 7.87. The van der Waals surface area contributed by atoms with Crippen LogP contribution in [-0.2, 0) is 17.6 Å². The molecule has 1 heterocycles. The minimum absolute atomic E-state index is 0.127. The molecule has 3 rings (SSSR count). The van der Waals surface area contributed by atoms with Gasteiger partial charge in [-0.2, -0.15) is 0 Å². The molecule has 2 aromatic carbocycles. The third kappa shape index (κ3) is 6.97. The van der Waals surface area contributed by atoms with Crippen molar-refractivity contribution >= 4 is 21.6 Å². The number of aromatic amines is 1. The molecule has 0 saturated heterocycles. The fourth-order valence-electron chi connectivity index (χ4n) is 3.58. The first-order valence-electron chi connectivity index (χ1n) is 10.8. The molecule has 0 fully saturated rings. The van der Waals surface area contributed by atoms with Gasteiger partial charge in [0.05, 0.1) is 11.3 Å². The van der Waals surface area contributed by atoms with E-state index in [1.165, 1.54) is 18.4 Å². The fourth-order valence-corrected chi connectivity index (χ4v) is 4.47. The highest BCUT2D eigenvalue weighted by atomic mass is 32.1. The summed E-state index contributed by atoms with van der Waals surface area (Å²) in [5.41, 5.74) is 2.98. The van der Waals surface area contributed by atoms with Crippen LogP contribution in [0.5, 0.6) is 5.75 Å².